The molecule has 102 valence electrons. The molecule has 0 bridgehead atoms. The van der Waals surface area contributed by atoms with E-state index in [1.54, 1.807) is 0 Å². The van der Waals surface area contributed by atoms with E-state index in [0.717, 1.165) is 36.2 Å². The number of carbonyl (C=O) groups excluding carboxylic acids is 1. The maximum absolute atomic E-state index is 12.4. The Hall–Kier alpha value is -0.520. The SMILES string of the molecule is CCn1cc(Br)cc1C(=O)N1CCC(NC)C1.Cl. The van der Waals surface area contributed by atoms with Gasteiger partial charge in [-0.05, 0) is 42.4 Å². The van der Waals surface area contributed by atoms with Gasteiger partial charge in [0.1, 0.15) is 5.69 Å². The zero-order chi connectivity index (χ0) is 12.4. The number of halogens is 2. The summed E-state index contributed by atoms with van der Waals surface area (Å²) in [5.41, 5.74) is 0.774. The van der Waals surface area contributed by atoms with E-state index in [-0.39, 0.29) is 18.3 Å². The van der Waals surface area contributed by atoms with Gasteiger partial charge in [-0.1, -0.05) is 0 Å². The molecule has 1 saturated heterocycles. The zero-order valence-electron chi connectivity index (χ0n) is 10.6. The van der Waals surface area contributed by atoms with E-state index >= 15 is 0 Å². The largest absolute Gasteiger partial charge is 0.343 e. The van der Waals surface area contributed by atoms with Gasteiger partial charge in [0.15, 0.2) is 0 Å². The van der Waals surface area contributed by atoms with Gasteiger partial charge in [0.25, 0.3) is 5.91 Å². The van der Waals surface area contributed by atoms with Gasteiger partial charge >= 0.3 is 0 Å². The molecule has 0 aliphatic carbocycles. The number of nitrogens with zero attached hydrogens (tertiary/aromatic N) is 2. The van der Waals surface area contributed by atoms with Gasteiger partial charge in [0.2, 0.25) is 0 Å². The van der Waals surface area contributed by atoms with Crippen LogP contribution in [-0.2, 0) is 6.54 Å². The van der Waals surface area contributed by atoms with Crippen molar-refractivity contribution in [3.05, 3.63) is 22.4 Å². The lowest BCUT2D eigenvalue weighted by molar-refractivity contribution is 0.0779. The molecule has 1 aromatic rings. The lowest BCUT2D eigenvalue weighted by Crippen LogP contribution is -2.34. The Labute approximate surface area is 122 Å². The molecule has 1 unspecified atom stereocenters. The molecule has 1 amide bonds. The summed E-state index contributed by atoms with van der Waals surface area (Å²) in [6.07, 6.45) is 3.00. The molecule has 1 aliphatic rings. The maximum Gasteiger partial charge on any atom is 0.270 e. The lowest BCUT2D eigenvalue weighted by atomic mass is 10.3. The third kappa shape index (κ3) is 3.08. The molecule has 0 radical (unpaired) electrons. The highest BCUT2D eigenvalue weighted by Crippen LogP contribution is 2.19. The van der Waals surface area contributed by atoms with Crippen molar-refractivity contribution in [2.75, 3.05) is 20.1 Å². The average Bonchev–Trinajstić information content (AvgIpc) is 2.93. The van der Waals surface area contributed by atoms with E-state index in [1.165, 1.54) is 0 Å². The molecular formula is C12H19BrClN3O. The minimum atomic E-state index is 0. The Kier molecular flexibility index (Phi) is 5.69. The Morgan fingerprint density at radius 1 is 1.61 bits per heavy atom. The summed E-state index contributed by atoms with van der Waals surface area (Å²) in [6.45, 7) is 4.51. The van der Waals surface area contributed by atoms with Crippen molar-refractivity contribution in [1.29, 1.82) is 0 Å². The predicted molar refractivity (Wildman–Crippen MR) is 78.4 cm³/mol. The lowest BCUT2D eigenvalue weighted by Gasteiger charge is -2.17. The summed E-state index contributed by atoms with van der Waals surface area (Å²) in [4.78, 5) is 14.3. The number of rotatable bonds is 3. The third-order valence-corrected chi connectivity index (χ3v) is 3.74. The quantitative estimate of drug-likeness (QED) is 0.918. The van der Waals surface area contributed by atoms with E-state index in [2.05, 4.69) is 21.2 Å². The Morgan fingerprint density at radius 3 is 2.89 bits per heavy atom. The number of likely N-dealkylation sites (N-methyl/N-ethyl adjacent to an activating group) is 1. The standard InChI is InChI=1S/C12H18BrN3O.ClH/c1-3-15-7-9(13)6-11(15)12(17)16-5-4-10(8-16)14-2;/h6-7,10,14H,3-5,8H2,1-2H3;1H. The summed E-state index contributed by atoms with van der Waals surface area (Å²) < 4.78 is 2.95. The van der Waals surface area contributed by atoms with Crippen LogP contribution in [0.4, 0.5) is 0 Å². The fourth-order valence-corrected chi connectivity index (χ4v) is 2.72. The molecule has 1 atom stereocenters. The minimum Gasteiger partial charge on any atom is -0.343 e. The highest BCUT2D eigenvalue weighted by atomic mass is 79.9. The van der Waals surface area contributed by atoms with Gasteiger partial charge in [-0.2, -0.15) is 0 Å². The minimum absolute atomic E-state index is 0. The van der Waals surface area contributed by atoms with Crippen LogP contribution in [0.15, 0.2) is 16.7 Å². The maximum atomic E-state index is 12.4. The molecule has 1 N–H and O–H groups in total. The number of hydrogen-bond donors (Lipinski definition) is 1. The molecule has 2 rings (SSSR count). The van der Waals surface area contributed by atoms with Crippen molar-refractivity contribution in [3.63, 3.8) is 0 Å². The first-order chi connectivity index (χ1) is 8.15. The second-order valence-corrected chi connectivity index (χ2v) is 5.27. The van der Waals surface area contributed by atoms with Crippen LogP contribution in [0, 0.1) is 0 Å². The van der Waals surface area contributed by atoms with Gasteiger partial charge in [0, 0.05) is 36.3 Å². The highest BCUT2D eigenvalue weighted by Gasteiger charge is 2.27. The number of carbonyl (C=O) groups is 1. The van der Waals surface area contributed by atoms with Crippen LogP contribution in [0.2, 0.25) is 0 Å². The Balaban J connectivity index is 0.00000162. The van der Waals surface area contributed by atoms with Gasteiger partial charge in [-0.3, -0.25) is 4.79 Å². The molecule has 0 aromatic carbocycles. The molecule has 0 spiro atoms. The monoisotopic (exact) mass is 335 g/mol. The smallest absolute Gasteiger partial charge is 0.270 e. The van der Waals surface area contributed by atoms with Crippen molar-refractivity contribution in [3.8, 4) is 0 Å². The van der Waals surface area contributed by atoms with Crippen molar-refractivity contribution in [1.82, 2.24) is 14.8 Å². The van der Waals surface area contributed by atoms with Crippen molar-refractivity contribution in [2.45, 2.75) is 25.9 Å². The first-order valence-electron chi connectivity index (χ1n) is 5.98. The van der Waals surface area contributed by atoms with E-state index in [0.29, 0.717) is 6.04 Å². The summed E-state index contributed by atoms with van der Waals surface area (Å²) in [5, 5.41) is 3.22. The summed E-state index contributed by atoms with van der Waals surface area (Å²) in [6, 6.07) is 2.34. The van der Waals surface area contributed by atoms with Gasteiger partial charge in [0.05, 0.1) is 0 Å². The molecule has 4 nitrogen and oxygen atoms in total. The van der Waals surface area contributed by atoms with Crippen LogP contribution in [0.1, 0.15) is 23.8 Å². The first-order valence-corrected chi connectivity index (χ1v) is 6.77. The van der Waals surface area contributed by atoms with Crippen molar-refractivity contribution >= 4 is 34.2 Å². The van der Waals surface area contributed by atoms with Crippen LogP contribution in [0.25, 0.3) is 0 Å². The summed E-state index contributed by atoms with van der Waals surface area (Å²) in [7, 11) is 1.95. The molecule has 0 saturated carbocycles. The normalized spacial score (nSPS) is 18.8. The van der Waals surface area contributed by atoms with Crippen LogP contribution in [0.3, 0.4) is 0 Å². The third-order valence-electron chi connectivity index (χ3n) is 3.31. The highest BCUT2D eigenvalue weighted by molar-refractivity contribution is 9.10. The molecular weight excluding hydrogens is 318 g/mol. The number of aryl methyl sites for hydroxylation is 1. The van der Waals surface area contributed by atoms with Crippen molar-refractivity contribution < 1.29 is 4.79 Å². The van der Waals surface area contributed by atoms with Crippen LogP contribution in [0.5, 0.6) is 0 Å². The second kappa shape index (κ2) is 6.59. The average molecular weight is 337 g/mol. The summed E-state index contributed by atoms with van der Waals surface area (Å²) >= 11 is 3.42. The fourth-order valence-electron chi connectivity index (χ4n) is 2.26. The number of hydrogen-bond acceptors (Lipinski definition) is 2. The van der Waals surface area contributed by atoms with Gasteiger partial charge in [-0.25, -0.2) is 0 Å². The molecule has 6 heteroatoms. The van der Waals surface area contributed by atoms with Crippen LogP contribution < -0.4 is 5.32 Å². The number of likely N-dealkylation sites (tertiary alicyclic amines) is 1. The number of amides is 1. The fraction of sp³-hybridized carbons (Fsp3) is 0.583. The topological polar surface area (TPSA) is 37.3 Å². The molecule has 1 aliphatic heterocycles. The Morgan fingerprint density at radius 2 is 2.33 bits per heavy atom. The molecule has 18 heavy (non-hydrogen) atoms. The van der Waals surface area contributed by atoms with Crippen LogP contribution >= 0.6 is 28.3 Å². The van der Waals surface area contributed by atoms with E-state index in [1.807, 2.05) is 35.7 Å². The molecule has 1 fully saturated rings. The number of aromatic nitrogens is 1. The predicted octanol–water partition coefficient (Wildman–Crippen LogP) is 2.13. The Bertz CT molecular complexity index is 421. The van der Waals surface area contributed by atoms with E-state index in [9.17, 15) is 4.79 Å². The van der Waals surface area contributed by atoms with Crippen molar-refractivity contribution in [2.24, 2.45) is 0 Å². The van der Waals surface area contributed by atoms with Gasteiger partial charge in [-0.15, -0.1) is 12.4 Å². The van der Waals surface area contributed by atoms with E-state index in [4.69, 9.17) is 0 Å². The summed E-state index contributed by atoms with van der Waals surface area (Å²) in [5.74, 6) is 0.135. The van der Waals surface area contributed by atoms with Gasteiger partial charge < -0.3 is 14.8 Å². The van der Waals surface area contributed by atoms with Crippen LogP contribution in [-0.4, -0.2) is 41.6 Å². The molecule has 2 heterocycles. The number of nitrogens with one attached hydrogen (secondary N) is 1. The molecule has 1 aromatic heterocycles. The first kappa shape index (κ1) is 15.5. The van der Waals surface area contributed by atoms with E-state index < -0.39 is 0 Å². The second-order valence-electron chi connectivity index (χ2n) is 4.36. The zero-order valence-corrected chi connectivity index (χ0v) is 13.1.